The number of allylic oxidation sites excluding steroid dienone is 1. The molecule has 4 rings (SSSR count). The summed E-state index contributed by atoms with van der Waals surface area (Å²) < 4.78 is 0. The molecule has 6 atom stereocenters. The quantitative estimate of drug-likeness (QED) is 0.679. The lowest BCUT2D eigenvalue weighted by Crippen LogP contribution is -2.52. The third-order valence-electron chi connectivity index (χ3n) is 7.93. The number of hydrogen-bond acceptors (Lipinski definition) is 2. The van der Waals surface area contributed by atoms with Gasteiger partial charge in [-0.3, -0.25) is 4.79 Å². The molecule has 3 fully saturated rings. The van der Waals surface area contributed by atoms with Crippen LogP contribution in [0.25, 0.3) is 0 Å². The van der Waals surface area contributed by atoms with E-state index in [0.29, 0.717) is 11.2 Å². The number of carbonyl (C=O) groups excluding carboxylic acids is 1. The van der Waals surface area contributed by atoms with Crippen LogP contribution in [0.5, 0.6) is 0 Å². The molecule has 22 heavy (non-hydrogen) atoms. The fourth-order valence-electron chi connectivity index (χ4n) is 6.67. The second-order valence-electron chi connectivity index (χ2n) is 9.10. The zero-order valence-electron chi connectivity index (χ0n) is 14.1. The lowest BCUT2D eigenvalue weighted by atomic mass is 9.45. The highest BCUT2D eigenvalue weighted by Crippen LogP contribution is 2.63. The van der Waals surface area contributed by atoms with Gasteiger partial charge in [-0.15, -0.1) is 0 Å². The van der Waals surface area contributed by atoms with Gasteiger partial charge < -0.3 is 5.11 Å². The van der Waals surface area contributed by atoms with Crippen molar-refractivity contribution in [3.05, 3.63) is 11.6 Å². The van der Waals surface area contributed by atoms with Crippen molar-refractivity contribution in [2.75, 3.05) is 0 Å². The van der Waals surface area contributed by atoms with E-state index < -0.39 is 0 Å². The van der Waals surface area contributed by atoms with Gasteiger partial charge in [0.1, 0.15) is 5.78 Å². The first kappa shape index (κ1) is 14.9. The maximum Gasteiger partial charge on any atom is 0.133 e. The molecule has 0 bridgehead atoms. The first-order valence-electron chi connectivity index (χ1n) is 9.32. The number of hydrogen-bond donors (Lipinski definition) is 1. The molecular formula is C20H30O2. The van der Waals surface area contributed by atoms with E-state index in [1.807, 2.05) is 0 Å². The SMILES string of the molecule is C[C@]12CCC3C(CC=C4C[C@@H](O)CC[C@@]43C)C1CCC(=O)C2. The summed E-state index contributed by atoms with van der Waals surface area (Å²) in [6.45, 7) is 4.86. The topological polar surface area (TPSA) is 37.3 Å². The molecular weight excluding hydrogens is 272 g/mol. The average molecular weight is 302 g/mol. The van der Waals surface area contributed by atoms with Crippen molar-refractivity contribution in [1.82, 2.24) is 0 Å². The highest BCUT2D eigenvalue weighted by molar-refractivity contribution is 5.80. The highest BCUT2D eigenvalue weighted by Gasteiger charge is 2.55. The van der Waals surface area contributed by atoms with Crippen LogP contribution in [0.2, 0.25) is 0 Å². The number of aliphatic hydroxyl groups excluding tert-OH is 1. The molecule has 0 saturated heterocycles. The zero-order chi connectivity index (χ0) is 15.5. The standard InChI is InChI=1S/C20H30O2/c1-19-9-8-18-16(17(19)6-4-15(22)12-19)5-3-13-11-14(21)7-10-20(13,18)2/h3,14,16-18,21H,4-12H2,1-2H3/t14-,16?,17?,18?,19+,20-/m0/s1. The van der Waals surface area contributed by atoms with Crippen molar-refractivity contribution >= 4 is 5.78 Å². The Bertz CT molecular complexity index is 522. The van der Waals surface area contributed by atoms with Crippen molar-refractivity contribution in [3.63, 3.8) is 0 Å². The normalized spacial score (nSPS) is 51.4. The number of rotatable bonds is 0. The summed E-state index contributed by atoms with van der Waals surface area (Å²) in [5.74, 6) is 2.80. The van der Waals surface area contributed by atoms with Crippen molar-refractivity contribution in [2.24, 2.45) is 28.6 Å². The fourth-order valence-corrected chi connectivity index (χ4v) is 6.67. The molecule has 4 aliphatic carbocycles. The summed E-state index contributed by atoms with van der Waals surface area (Å²) in [6, 6.07) is 0. The summed E-state index contributed by atoms with van der Waals surface area (Å²) in [6.07, 6.45) is 11.9. The minimum atomic E-state index is -0.114. The lowest BCUT2D eigenvalue weighted by Gasteiger charge is -2.59. The summed E-state index contributed by atoms with van der Waals surface area (Å²) in [5.41, 5.74) is 2.14. The number of Topliss-reactive ketones (excluding diaryl/α,β-unsaturated/α-hetero) is 1. The Morgan fingerprint density at radius 1 is 1.14 bits per heavy atom. The summed E-state index contributed by atoms with van der Waals surface area (Å²) in [7, 11) is 0. The Hall–Kier alpha value is -0.630. The first-order chi connectivity index (χ1) is 10.4. The highest BCUT2D eigenvalue weighted by atomic mass is 16.3. The maximum atomic E-state index is 12.0. The maximum absolute atomic E-state index is 12.0. The van der Waals surface area contributed by atoms with Crippen LogP contribution in [0.4, 0.5) is 0 Å². The largest absolute Gasteiger partial charge is 0.393 e. The van der Waals surface area contributed by atoms with Gasteiger partial charge in [0, 0.05) is 12.8 Å². The monoisotopic (exact) mass is 302 g/mol. The van der Waals surface area contributed by atoms with E-state index in [4.69, 9.17) is 0 Å². The summed E-state index contributed by atoms with van der Waals surface area (Å²) in [4.78, 5) is 12.0. The van der Waals surface area contributed by atoms with Crippen molar-refractivity contribution in [3.8, 4) is 0 Å². The molecule has 1 N–H and O–H groups in total. The van der Waals surface area contributed by atoms with Gasteiger partial charge in [0.15, 0.2) is 0 Å². The second-order valence-corrected chi connectivity index (χ2v) is 9.10. The Labute approximate surface area is 134 Å². The van der Waals surface area contributed by atoms with Crippen molar-refractivity contribution in [2.45, 2.75) is 77.7 Å². The van der Waals surface area contributed by atoms with E-state index in [-0.39, 0.29) is 11.5 Å². The van der Waals surface area contributed by atoms with Crippen molar-refractivity contribution < 1.29 is 9.90 Å². The van der Waals surface area contributed by atoms with Crippen LogP contribution in [0, 0.1) is 28.6 Å². The minimum absolute atomic E-state index is 0.114. The molecule has 0 amide bonds. The van der Waals surface area contributed by atoms with Gasteiger partial charge in [0.2, 0.25) is 0 Å². The van der Waals surface area contributed by atoms with Crippen LogP contribution in [0.15, 0.2) is 11.6 Å². The van der Waals surface area contributed by atoms with E-state index in [2.05, 4.69) is 19.9 Å². The Balaban J connectivity index is 1.66. The van der Waals surface area contributed by atoms with Crippen LogP contribution < -0.4 is 0 Å². The van der Waals surface area contributed by atoms with Crippen molar-refractivity contribution in [1.29, 1.82) is 0 Å². The number of fused-ring (bicyclic) bond motifs is 5. The molecule has 3 unspecified atom stereocenters. The number of carbonyl (C=O) groups is 1. The Morgan fingerprint density at radius 3 is 2.77 bits per heavy atom. The van der Waals surface area contributed by atoms with E-state index in [1.54, 1.807) is 5.57 Å². The predicted molar refractivity (Wildman–Crippen MR) is 87.3 cm³/mol. The van der Waals surface area contributed by atoms with E-state index in [9.17, 15) is 9.90 Å². The number of aliphatic hydroxyl groups is 1. The zero-order valence-corrected chi connectivity index (χ0v) is 14.1. The molecule has 0 aromatic carbocycles. The van der Waals surface area contributed by atoms with Gasteiger partial charge in [0.05, 0.1) is 6.10 Å². The fraction of sp³-hybridized carbons (Fsp3) is 0.850. The van der Waals surface area contributed by atoms with E-state index in [0.717, 1.165) is 56.3 Å². The lowest BCUT2D eigenvalue weighted by molar-refractivity contribution is -0.132. The summed E-state index contributed by atoms with van der Waals surface area (Å²) in [5, 5.41) is 10.0. The molecule has 2 nitrogen and oxygen atoms in total. The van der Waals surface area contributed by atoms with E-state index >= 15 is 0 Å². The first-order valence-corrected chi connectivity index (χ1v) is 9.32. The van der Waals surface area contributed by atoms with Gasteiger partial charge in [-0.1, -0.05) is 25.5 Å². The molecule has 4 aliphatic rings. The molecule has 3 saturated carbocycles. The second kappa shape index (κ2) is 4.93. The van der Waals surface area contributed by atoms with Crippen LogP contribution in [0.3, 0.4) is 0 Å². The smallest absolute Gasteiger partial charge is 0.133 e. The van der Waals surface area contributed by atoms with E-state index in [1.165, 1.54) is 19.3 Å². The molecule has 122 valence electrons. The van der Waals surface area contributed by atoms with Gasteiger partial charge in [-0.25, -0.2) is 0 Å². The van der Waals surface area contributed by atoms with Gasteiger partial charge in [0.25, 0.3) is 0 Å². The number of ketones is 1. The molecule has 0 radical (unpaired) electrons. The van der Waals surface area contributed by atoms with Gasteiger partial charge in [-0.05, 0) is 73.5 Å². The molecule has 0 aromatic heterocycles. The van der Waals surface area contributed by atoms with Crippen LogP contribution in [0.1, 0.15) is 71.6 Å². The average Bonchev–Trinajstić information content (AvgIpc) is 2.46. The van der Waals surface area contributed by atoms with Gasteiger partial charge in [-0.2, -0.15) is 0 Å². The van der Waals surface area contributed by atoms with Crippen LogP contribution >= 0.6 is 0 Å². The minimum Gasteiger partial charge on any atom is -0.393 e. The third-order valence-corrected chi connectivity index (χ3v) is 7.93. The van der Waals surface area contributed by atoms with Crippen LogP contribution in [-0.2, 0) is 4.79 Å². The molecule has 2 heteroatoms. The molecule has 0 aromatic rings. The van der Waals surface area contributed by atoms with Crippen LogP contribution in [-0.4, -0.2) is 17.0 Å². The predicted octanol–water partition coefficient (Wildman–Crippen LogP) is 4.27. The Morgan fingerprint density at radius 2 is 1.95 bits per heavy atom. The molecule has 0 spiro atoms. The summed E-state index contributed by atoms with van der Waals surface area (Å²) >= 11 is 0. The molecule has 0 heterocycles. The third kappa shape index (κ3) is 2.06. The molecule has 0 aliphatic heterocycles. The van der Waals surface area contributed by atoms with Gasteiger partial charge >= 0.3 is 0 Å². The Kier molecular flexibility index (Phi) is 3.35.